The molecule has 6 nitrogen and oxygen atoms in total. The molecule has 0 atom stereocenters. The van der Waals surface area contributed by atoms with Crippen LogP contribution in [-0.2, 0) is 6.18 Å². The lowest BCUT2D eigenvalue weighted by molar-refractivity contribution is -0.137. The van der Waals surface area contributed by atoms with Gasteiger partial charge in [-0.25, -0.2) is 9.67 Å². The average molecular weight is 342 g/mol. The number of carbonyl (C=O) groups excluding carboxylic acids is 1. The summed E-state index contributed by atoms with van der Waals surface area (Å²) in [6, 6.07) is 2.12. The highest BCUT2D eigenvalue weighted by atomic mass is 19.4. The molecule has 2 N–H and O–H groups in total. The Hall–Kier alpha value is -2.42. The second kappa shape index (κ2) is 7.00. The molecule has 0 bridgehead atoms. The van der Waals surface area contributed by atoms with Gasteiger partial charge in [-0.2, -0.15) is 18.3 Å². The quantitative estimate of drug-likeness (QED) is 0.872. The van der Waals surface area contributed by atoms with E-state index in [9.17, 15) is 18.0 Å². The van der Waals surface area contributed by atoms with Crippen LogP contribution in [0.4, 0.5) is 13.2 Å². The van der Waals surface area contributed by atoms with Crippen molar-refractivity contribution in [2.24, 2.45) is 0 Å². The lowest BCUT2D eigenvalue weighted by atomic mass is 10.1. The maximum atomic E-state index is 12.6. The van der Waals surface area contributed by atoms with E-state index < -0.39 is 17.6 Å². The molecule has 9 heteroatoms. The third-order valence-electron chi connectivity index (χ3n) is 3.29. The van der Waals surface area contributed by atoms with Gasteiger partial charge in [-0.1, -0.05) is 13.8 Å². The second-order valence-electron chi connectivity index (χ2n) is 5.39. The zero-order valence-electron chi connectivity index (χ0n) is 13.1. The fourth-order valence-electron chi connectivity index (χ4n) is 2.21. The fraction of sp³-hybridized carbons (Fsp3) is 0.400. The molecule has 0 aliphatic rings. The topological polar surface area (TPSA) is 80.0 Å². The Morgan fingerprint density at radius 1 is 1.33 bits per heavy atom. The smallest absolute Gasteiger partial charge is 0.395 e. The largest absolute Gasteiger partial charge is 0.417 e. The molecular formula is C15H17F3N4O2. The number of amides is 1. The van der Waals surface area contributed by atoms with E-state index in [4.69, 9.17) is 5.11 Å². The zero-order chi connectivity index (χ0) is 17.9. The van der Waals surface area contributed by atoms with Gasteiger partial charge in [-0.3, -0.25) is 4.79 Å². The molecule has 24 heavy (non-hydrogen) atoms. The van der Waals surface area contributed by atoms with Crippen molar-refractivity contribution >= 4 is 5.91 Å². The molecule has 0 saturated heterocycles. The number of rotatable bonds is 5. The van der Waals surface area contributed by atoms with Crippen molar-refractivity contribution in [3.63, 3.8) is 0 Å². The third-order valence-corrected chi connectivity index (χ3v) is 3.29. The van der Waals surface area contributed by atoms with Crippen LogP contribution in [0.3, 0.4) is 0 Å². The molecule has 0 spiro atoms. The first-order chi connectivity index (χ1) is 11.3. The lowest BCUT2D eigenvalue weighted by Gasteiger charge is -2.13. The van der Waals surface area contributed by atoms with Crippen molar-refractivity contribution in [2.45, 2.75) is 25.9 Å². The van der Waals surface area contributed by atoms with E-state index >= 15 is 0 Å². The average Bonchev–Trinajstić information content (AvgIpc) is 2.97. The van der Waals surface area contributed by atoms with Crippen LogP contribution in [-0.4, -0.2) is 38.9 Å². The number of nitrogens with one attached hydrogen (secondary N) is 1. The van der Waals surface area contributed by atoms with Gasteiger partial charge < -0.3 is 10.4 Å². The Balaban J connectivity index is 2.40. The van der Waals surface area contributed by atoms with E-state index in [-0.39, 0.29) is 24.9 Å². The van der Waals surface area contributed by atoms with E-state index in [0.29, 0.717) is 11.3 Å². The molecule has 0 aliphatic carbocycles. The monoisotopic (exact) mass is 342 g/mol. The van der Waals surface area contributed by atoms with Crippen LogP contribution < -0.4 is 5.32 Å². The van der Waals surface area contributed by atoms with Gasteiger partial charge in [0.15, 0.2) is 5.82 Å². The molecule has 0 aliphatic heterocycles. The summed E-state index contributed by atoms with van der Waals surface area (Å²) in [6.45, 7) is 3.57. The number of hydrogen-bond acceptors (Lipinski definition) is 4. The van der Waals surface area contributed by atoms with Crippen LogP contribution in [0.1, 0.15) is 41.4 Å². The van der Waals surface area contributed by atoms with Gasteiger partial charge in [0.05, 0.1) is 29.6 Å². The summed E-state index contributed by atoms with van der Waals surface area (Å²) in [6.07, 6.45) is -2.40. The highest BCUT2D eigenvalue weighted by Gasteiger charge is 2.31. The number of aliphatic hydroxyl groups is 1. The molecule has 2 aromatic rings. The molecule has 0 aromatic carbocycles. The molecule has 0 saturated carbocycles. The normalized spacial score (nSPS) is 11.8. The number of nitrogens with zero attached hydrogens (tertiary/aromatic N) is 3. The summed E-state index contributed by atoms with van der Waals surface area (Å²) in [5.74, 6) is -0.342. The summed E-state index contributed by atoms with van der Waals surface area (Å²) in [5.41, 5.74) is -0.0386. The number of hydrogen-bond donors (Lipinski definition) is 2. The van der Waals surface area contributed by atoms with Crippen molar-refractivity contribution in [3.05, 3.63) is 41.3 Å². The van der Waals surface area contributed by atoms with Gasteiger partial charge in [-0.05, 0) is 18.1 Å². The Kier molecular flexibility index (Phi) is 5.23. The minimum atomic E-state index is -4.47. The van der Waals surface area contributed by atoms with Crippen molar-refractivity contribution in [1.82, 2.24) is 20.1 Å². The summed E-state index contributed by atoms with van der Waals surface area (Å²) in [5, 5.41) is 15.4. The van der Waals surface area contributed by atoms with Gasteiger partial charge in [0, 0.05) is 12.7 Å². The predicted octanol–water partition coefficient (Wildman–Crippen LogP) is 2.13. The number of pyridine rings is 1. The second-order valence-corrected chi connectivity index (χ2v) is 5.39. The summed E-state index contributed by atoms with van der Waals surface area (Å²) >= 11 is 0. The van der Waals surface area contributed by atoms with Gasteiger partial charge >= 0.3 is 6.18 Å². The Labute approximate surface area is 136 Å². The van der Waals surface area contributed by atoms with E-state index in [1.54, 1.807) is 0 Å². The van der Waals surface area contributed by atoms with Crippen LogP contribution >= 0.6 is 0 Å². The first-order valence-corrected chi connectivity index (χ1v) is 7.26. The lowest BCUT2D eigenvalue weighted by Crippen LogP contribution is -2.27. The van der Waals surface area contributed by atoms with E-state index in [1.165, 1.54) is 16.9 Å². The van der Waals surface area contributed by atoms with Gasteiger partial charge in [0.25, 0.3) is 5.91 Å². The van der Waals surface area contributed by atoms with E-state index in [0.717, 1.165) is 12.3 Å². The van der Waals surface area contributed by atoms with Crippen molar-refractivity contribution in [3.8, 4) is 5.82 Å². The molecule has 2 aromatic heterocycles. The van der Waals surface area contributed by atoms with E-state index in [2.05, 4.69) is 15.4 Å². The maximum absolute atomic E-state index is 12.6. The molecule has 2 heterocycles. The van der Waals surface area contributed by atoms with Crippen molar-refractivity contribution < 1.29 is 23.1 Å². The number of alkyl halides is 3. The summed E-state index contributed by atoms with van der Waals surface area (Å²) < 4.78 is 39.2. The van der Waals surface area contributed by atoms with Crippen molar-refractivity contribution in [1.29, 1.82) is 0 Å². The van der Waals surface area contributed by atoms with Gasteiger partial charge in [0.1, 0.15) is 0 Å². The Morgan fingerprint density at radius 3 is 2.54 bits per heavy atom. The fourth-order valence-corrected chi connectivity index (χ4v) is 2.21. The predicted molar refractivity (Wildman–Crippen MR) is 79.9 cm³/mol. The van der Waals surface area contributed by atoms with E-state index in [1.807, 2.05) is 13.8 Å². The number of carbonyl (C=O) groups is 1. The van der Waals surface area contributed by atoms with Crippen LogP contribution in [0, 0.1) is 0 Å². The van der Waals surface area contributed by atoms with Crippen molar-refractivity contribution in [2.75, 3.05) is 13.2 Å². The summed E-state index contributed by atoms with van der Waals surface area (Å²) in [7, 11) is 0. The maximum Gasteiger partial charge on any atom is 0.417 e. The van der Waals surface area contributed by atoms with Crippen LogP contribution in [0.25, 0.3) is 5.82 Å². The minimum Gasteiger partial charge on any atom is -0.395 e. The molecule has 1 amide bonds. The zero-order valence-corrected chi connectivity index (χ0v) is 13.1. The molecule has 0 fully saturated rings. The molecule has 130 valence electrons. The number of aliphatic hydroxyl groups excluding tert-OH is 1. The summed E-state index contributed by atoms with van der Waals surface area (Å²) in [4.78, 5) is 15.9. The Morgan fingerprint density at radius 2 is 2.04 bits per heavy atom. The van der Waals surface area contributed by atoms with Crippen LogP contribution in [0.5, 0.6) is 0 Å². The molecule has 0 unspecified atom stereocenters. The molecule has 0 radical (unpaired) electrons. The highest BCUT2D eigenvalue weighted by Crippen LogP contribution is 2.29. The van der Waals surface area contributed by atoms with Gasteiger partial charge in [-0.15, -0.1) is 0 Å². The molecule has 2 rings (SSSR count). The first-order valence-electron chi connectivity index (χ1n) is 7.26. The van der Waals surface area contributed by atoms with Gasteiger partial charge in [0.2, 0.25) is 0 Å². The standard InChI is InChI=1S/C15H17F3N4O2/c1-9(2)13-11(14(24)19-5-6-23)8-21-22(13)12-4-3-10(7-20-12)15(16,17)18/h3-4,7-9,23H,5-6H2,1-2H3,(H,19,24). The van der Waals surface area contributed by atoms with Crippen LogP contribution in [0.2, 0.25) is 0 Å². The van der Waals surface area contributed by atoms with Crippen LogP contribution in [0.15, 0.2) is 24.5 Å². The molecular weight excluding hydrogens is 325 g/mol. The number of halogens is 3. The number of aromatic nitrogens is 3. The third kappa shape index (κ3) is 3.73. The SMILES string of the molecule is CC(C)c1c(C(=O)NCCO)cnn1-c1ccc(C(F)(F)F)cn1. The highest BCUT2D eigenvalue weighted by molar-refractivity contribution is 5.95. The minimum absolute atomic E-state index is 0.0973. The first kappa shape index (κ1) is 17.9. The Bertz CT molecular complexity index is 708.